The summed E-state index contributed by atoms with van der Waals surface area (Å²) in [5.41, 5.74) is 2.37. The molecule has 1 amide bonds. The van der Waals surface area contributed by atoms with Gasteiger partial charge < -0.3 is 5.32 Å². The first-order chi connectivity index (χ1) is 13.2. The molecule has 1 N–H and O–H groups in total. The maximum Gasteiger partial charge on any atom is 0.261 e. The SMILES string of the molecule is CC[C@H](CNC(=O)c1ccc2c(=O)n3c(nc2c1)CCC3)c1ccccc1. The Morgan fingerprint density at radius 2 is 2.04 bits per heavy atom. The lowest BCUT2D eigenvalue weighted by Crippen LogP contribution is -2.28. The molecule has 0 aliphatic carbocycles. The van der Waals surface area contributed by atoms with Crippen LogP contribution in [0.15, 0.2) is 53.3 Å². The summed E-state index contributed by atoms with van der Waals surface area (Å²) in [7, 11) is 0. The van der Waals surface area contributed by atoms with Crippen molar-refractivity contribution in [2.75, 3.05) is 6.54 Å². The van der Waals surface area contributed by atoms with Crippen molar-refractivity contribution < 1.29 is 4.79 Å². The molecule has 0 radical (unpaired) electrons. The molecule has 0 bridgehead atoms. The van der Waals surface area contributed by atoms with E-state index in [1.54, 1.807) is 22.8 Å². The van der Waals surface area contributed by atoms with Gasteiger partial charge in [-0.25, -0.2) is 4.98 Å². The lowest BCUT2D eigenvalue weighted by molar-refractivity contribution is 0.0951. The number of aromatic nitrogens is 2. The fourth-order valence-electron chi connectivity index (χ4n) is 3.77. The van der Waals surface area contributed by atoms with Crippen LogP contribution in [0.5, 0.6) is 0 Å². The highest BCUT2D eigenvalue weighted by atomic mass is 16.1. The maximum atomic E-state index is 12.6. The third-order valence-corrected chi connectivity index (χ3v) is 5.35. The first-order valence-electron chi connectivity index (χ1n) is 9.54. The largest absolute Gasteiger partial charge is 0.351 e. The number of nitrogens with zero attached hydrogens (tertiary/aromatic N) is 2. The van der Waals surface area contributed by atoms with Crippen molar-refractivity contribution in [3.63, 3.8) is 0 Å². The second kappa shape index (κ2) is 7.35. The van der Waals surface area contributed by atoms with E-state index >= 15 is 0 Å². The monoisotopic (exact) mass is 361 g/mol. The second-order valence-electron chi connectivity index (χ2n) is 7.05. The Bertz CT molecular complexity index is 1040. The summed E-state index contributed by atoms with van der Waals surface area (Å²) in [4.78, 5) is 29.8. The number of carbonyl (C=O) groups is 1. The predicted octanol–water partition coefficient (Wildman–Crippen LogP) is 3.27. The highest BCUT2D eigenvalue weighted by Gasteiger charge is 2.17. The van der Waals surface area contributed by atoms with Gasteiger partial charge in [0.15, 0.2) is 0 Å². The van der Waals surface area contributed by atoms with Crippen LogP contribution in [-0.2, 0) is 13.0 Å². The highest BCUT2D eigenvalue weighted by Crippen LogP contribution is 2.19. The molecule has 5 heteroatoms. The van der Waals surface area contributed by atoms with E-state index in [4.69, 9.17) is 0 Å². The van der Waals surface area contributed by atoms with Crippen molar-refractivity contribution in [2.45, 2.75) is 38.6 Å². The number of nitrogens with one attached hydrogen (secondary N) is 1. The topological polar surface area (TPSA) is 64.0 Å². The van der Waals surface area contributed by atoms with Crippen LogP contribution in [0, 0.1) is 0 Å². The van der Waals surface area contributed by atoms with Crippen molar-refractivity contribution >= 4 is 16.8 Å². The Morgan fingerprint density at radius 1 is 1.22 bits per heavy atom. The van der Waals surface area contributed by atoms with Gasteiger partial charge in [-0.1, -0.05) is 37.3 Å². The summed E-state index contributed by atoms with van der Waals surface area (Å²) in [5, 5.41) is 3.61. The van der Waals surface area contributed by atoms with Crippen LogP contribution >= 0.6 is 0 Å². The zero-order valence-corrected chi connectivity index (χ0v) is 15.4. The van der Waals surface area contributed by atoms with Crippen molar-refractivity contribution in [2.24, 2.45) is 0 Å². The molecule has 1 aliphatic heterocycles. The summed E-state index contributed by atoms with van der Waals surface area (Å²) >= 11 is 0. The predicted molar refractivity (Wildman–Crippen MR) is 106 cm³/mol. The summed E-state index contributed by atoms with van der Waals surface area (Å²) in [6, 6.07) is 15.4. The van der Waals surface area contributed by atoms with Crippen LogP contribution in [0.3, 0.4) is 0 Å². The maximum absolute atomic E-state index is 12.6. The molecule has 3 aromatic rings. The van der Waals surface area contributed by atoms with Crippen molar-refractivity contribution in [1.29, 1.82) is 0 Å². The molecular weight excluding hydrogens is 338 g/mol. The van der Waals surface area contributed by atoms with E-state index in [0.29, 0.717) is 23.0 Å². The first kappa shape index (κ1) is 17.5. The molecule has 4 rings (SSSR count). The normalized spacial score (nSPS) is 14.1. The molecule has 138 valence electrons. The summed E-state index contributed by atoms with van der Waals surface area (Å²) in [6.07, 6.45) is 2.72. The number of hydrogen-bond donors (Lipinski definition) is 1. The number of fused-ring (bicyclic) bond motifs is 2. The van der Waals surface area contributed by atoms with E-state index in [0.717, 1.165) is 31.6 Å². The average Bonchev–Trinajstić information content (AvgIpc) is 3.17. The highest BCUT2D eigenvalue weighted by molar-refractivity contribution is 5.97. The molecule has 1 aromatic heterocycles. The lowest BCUT2D eigenvalue weighted by atomic mass is 9.96. The minimum Gasteiger partial charge on any atom is -0.351 e. The number of benzene rings is 2. The Morgan fingerprint density at radius 3 is 2.81 bits per heavy atom. The fourth-order valence-corrected chi connectivity index (χ4v) is 3.77. The Labute approximate surface area is 158 Å². The van der Waals surface area contributed by atoms with E-state index in [-0.39, 0.29) is 17.4 Å². The molecule has 0 saturated carbocycles. The number of amides is 1. The molecule has 2 heterocycles. The van der Waals surface area contributed by atoms with Crippen LogP contribution in [0.1, 0.15) is 47.4 Å². The van der Waals surface area contributed by atoms with E-state index < -0.39 is 0 Å². The van der Waals surface area contributed by atoms with Gasteiger partial charge in [0, 0.05) is 31.0 Å². The van der Waals surface area contributed by atoms with E-state index in [9.17, 15) is 9.59 Å². The van der Waals surface area contributed by atoms with Crippen LogP contribution < -0.4 is 10.9 Å². The van der Waals surface area contributed by atoms with Gasteiger partial charge in [-0.15, -0.1) is 0 Å². The van der Waals surface area contributed by atoms with E-state index in [1.807, 2.05) is 18.2 Å². The first-order valence-corrected chi connectivity index (χ1v) is 9.54. The molecular formula is C22H23N3O2. The molecule has 1 aliphatic rings. The molecule has 5 nitrogen and oxygen atoms in total. The third kappa shape index (κ3) is 3.37. The zero-order valence-electron chi connectivity index (χ0n) is 15.4. The number of rotatable bonds is 5. The van der Waals surface area contributed by atoms with Crippen LogP contribution in [0.2, 0.25) is 0 Å². The Kier molecular flexibility index (Phi) is 4.75. The molecule has 0 unspecified atom stereocenters. The Balaban J connectivity index is 1.54. The van der Waals surface area contributed by atoms with Gasteiger partial charge in [-0.2, -0.15) is 0 Å². The molecule has 2 aromatic carbocycles. The van der Waals surface area contributed by atoms with E-state index in [2.05, 4.69) is 29.4 Å². The van der Waals surface area contributed by atoms with Crippen molar-refractivity contribution in [3.05, 3.63) is 75.8 Å². The van der Waals surface area contributed by atoms with Crippen LogP contribution in [0.25, 0.3) is 10.9 Å². The molecule has 27 heavy (non-hydrogen) atoms. The molecule has 1 atom stereocenters. The molecule has 0 fully saturated rings. The lowest BCUT2D eigenvalue weighted by Gasteiger charge is -2.16. The van der Waals surface area contributed by atoms with Crippen molar-refractivity contribution in [3.8, 4) is 0 Å². The second-order valence-corrected chi connectivity index (χ2v) is 7.05. The van der Waals surface area contributed by atoms with Gasteiger partial charge >= 0.3 is 0 Å². The van der Waals surface area contributed by atoms with Crippen LogP contribution in [-0.4, -0.2) is 22.0 Å². The molecule has 0 spiro atoms. The third-order valence-electron chi connectivity index (χ3n) is 5.35. The van der Waals surface area contributed by atoms with Gasteiger partial charge in [-0.3, -0.25) is 14.2 Å². The van der Waals surface area contributed by atoms with Gasteiger partial charge in [-0.05, 0) is 36.6 Å². The molecule has 0 saturated heterocycles. The van der Waals surface area contributed by atoms with Gasteiger partial charge in [0.1, 0.15) is 5.82 Å². The van der Waals surface area contributed by atoms with Gasteiger partial charge in [0.2, 0.25) is 0 Å². The standard InChI is InChI=1S/C22H23N3O2/c1-2-15(16-7-4-3-5-8-16)14-23-21(26)17-10-11-18-19(13-17)24-20-9-6-12-25(20)22(18)27/h3-5,7-8,10-11,13,15H,2,6,9,12,14H2,1H3,(H,23,26)/t15-/m1/s1. The Hall–Kier alpha value is -2.95. The summed E-state index contributed by atoms with van der Waals surface area (Å²) in [5.74, 6) is 0.968. The van der Waals surface area contributed by atoms with Gasteiger partial charge in [0.25, 0.3) is 11.5 Å². The average molecular weight is 361 g/mol. The minimum atomic E-state index is -0.131. The number of carbonyl (C=O) groups excluding carboxylic acids is 1. The van der Waals surface area contributed by atoms with Gasteiger partial charge in [0.05, 0.1) is 10.9 Å². The van der Waals surface area contributed by atoms with Crippen molar-refractivity contribution in [1.82, 2.24) is 14.9 Å². The zero-order chi connectivity index (χ0) is 18.8. The van der Waals surface area contributed by atoms with Crippen LogP contribution in [0.4, 0.5) is 0 Å². The quantitative estimate of drug-likeness (QED) is 0.759. The summed E-state index contributed by atoms with van der Waals surface area (Å²) < 4.78 is 1.74. The number of hydrogen-bond acceptors (Lipinski definition) is 3. The summed E-state index contributed by atoms with van der Waals surface area (Å²) in [6.45, 7) is 3.44. The number of aryl methyl sites for hydroxylation is 1. The van der Waals surface area contributed by atoms with E-state index in [1.165, 1.54) is 5.56 Å². The fraction of sp³-hybridized carbons (Fsp3) is 0.318. The smallest absolute Gasteiger partial charge is 0.261 e. The minimum absolute atomic E-state index is 0.00502.